The van der Waals surface area contributed by atoms with E-state index in [1.807, 2.05) is 0 Å². The van der Waals surface area contributed by atoms with E-state index in [2.05, 4.69) is 31.7 Å². The number of halogens is 4. The van der Waals surface area contributed by atoms with Crippen molar-refractivity contribution in [2.75, 3.05) is 10.6 Å². The van der Waals surface area contributed by atoms with E-state index in [9.17, 15) is 19.2 Å². The number of hydrogen-bond donors (Lipinski definition) is 4. The summed E-state index contributed by atoms with van der Waals surface area (Å²) in [6.45, 7) is 3.46. The third-order valence-corrected chi connectivity index (χ3v) is 8.07. The molecule has 10 nitrogen and oxygen atoms in total. The Morgan fingerprint density at radius 1 is 0.551 bits per heavy atom. The lowest BCUT2D eigenvalue weighted by Gasteiger charge is -2.08. The number of nitrogens with zero attached hydrogens (tertiary/aromatic N) is 2. The van der Waals surface area contributed by atoms with Crippen molar-refractivity contribution in [3.63, 3.8) is 0 Å². The molecule has 0 unspecified atom stereocenters. The highest BCUT2D eigenvalue weighted by Gasteiger charge is 2.13. The predicted octanol–water partition coefficient (Wildman–Crippen LogP) is 8.36. The number of hydrazone groups is 2. The number of amides is 4. The molecule has 0 radical (unpaired) electrons. The second kappa shape index (κ2) is 17.6. The van der Waals surface area contributed by atoms with Crippen LogP contribution in [0.4, 0.5) is 11.4 Å². The van der Waals surface area contributed by atoms with E-state index >= 15 is 0 Å². The summed E-state index contributed by atoms with van der Waals surface area (Å²) in [6, 6.07) is 23.1. The van der Waals surface area contributed by atoms with Crippen LogP contribution >= 0.6 is 46.4 Å². The number of carbonyl (C=O) groups excluding carboxylic acids is 4. The molecular weight excluding hydrogens is 710 g/mol. The van der Waals surface area contributed by atoms with Crippen LogP contribution in [0.2, 0.25) is 20.1 Å². The molecule has 0 aliphatic heterocycles. The monoisotopic (exact) mass is 738 g/mol. The summed E-state index contributed by atoms with van der Waals surface area (Å²) in [7, 11) is 0. The van der Waals surface area contributed by atoms with Gasteiger partial charge in [-0.2, -0.15) is 10.2 Å². The molecular formula is C35H30Cl4N6O4. The fraction of sp³-hybridized carbons (Fsp3) is 0.143. The van der Waals surface area contributed by atoms with Crippen LogP contribution in [-0.4, -0.2) is 35.1 Å². The zero-order valence-electron chi connectivity index (χ0n) is 26.2. The largest absolute Gasteiger partial charge is 0.322 e. The maximum atomic E-state index is 12.5. The zero-order valence-corrected chi connectivity index (χ0v) is 29.3. The Morgan fingerprint density at radius 2 is 0.918 bits per heavy atom. The molecule has 4 N–H and O–H groups in total. The predicted molar refractivity (Wildman–Crippen MR) is 196 cm³/mol. The number of hydrogen-bond acceptors (Lipinski definition) is 6. The molecule has 4 rings (SSSR count). The molecule has 0 bridgehead atoms. The van der Waals surface area contributed by atoms with Crippen molar-refractivity contribution in [3.05, 3.63) is 127 Å². The van der Waals surface area contributed by atoms with Crippen LogP contribution in [-0.2, 0) is 9.59 Å². The van der Waals surface area contributed by atoms with Gasteiger partial charge in [0.2, 0.25) is 11.8 Å². The third kappa shape index (κ3) is 11.2. The summed E-state index contributed by atoms with van der Waals surface area (Å²) in [5, 5.41) is 15.2. The van der Waals surface area contributed by atoms with Crippen molar-refractivity contribution in [2.24, 2.45) is 10.2 Å². The van der Waals surface area contributed by atoms with Crippen molar-refractivity contribution < 1.29 is 19.2 Å². The van der Waals surface area contributed by atoms with Gasteiger partial charge in [-0.25, -0.2) is 10.9 Å². The molecule has 0 heterocycles. The molecule has 0 spiro atoms. The molecule has 4 amide bonds. The molecule has 0 atom stereocenters. The lowest BCUT2D eigenvalue weighted by atomic mass is 10.1. The minimum atomic E-state index is -0.376. The van der Waals surface area contributed by atoms with Gasteiger partial charge in [0.25, 0.3) is 11.8 Å². The number of nitrogens with one attached hydrogen (secondary N) is 4. The highest BCUT2D eigenvalue weighted by atomic mass is 35.5. The third-order valence-electron chi connectivity index (χ3n) is 6.98. The van der Waals surface area contributed by atoms with Crippen molar-refractivity contribution in [1.29, 1.82) is 0 Å². The molecule has 14 heteroatoms. The SMILES string of the molecule is C/C(=N\NC(=O)CCCC(=O)N/N=C(\C)c1ccc(NC(=O)c2ccc(Cl)cc2Cl)cc1)c1ccc(NC(=O)c2ccc(Cl)cc2Cl)cc1. The van der Waals surface area contributed by atoms with Crippen molar-refractivity contribution in [2.45, 2.75) is 33.1 Å². The average molecular weight is 740 g/mol. The molecule has 0 saturated carbocycles. The molecule has 49 heavy (non-hydrogen) atoms. The number of anilines is 2. The van der Waals surface area contributed by atoms with Crippen molar-refractivity contribution >= 4 is 92.8 Å². The van der Waals surface area contributed by atoms with Gasteiger partial charge >= 0.3 is 0 Å². The molecule has 0 aliphatic rings. The second-order valence-corrected chi connectivity index (χ2v) is 12.3. The fourth-order valence-corrected chi connectivity index (χ4v) is 5.27. The highest BCUT2D eigenvalue weighted by molar-refractivity contribution is 6.38. The minimum absolute atomic E-state index is 0.0829. The molecule has 0 saturated heterocycles. The van der Waals surface area contributed by atoms with E-state index in [0.29, 0.717) is 50.4 Å². The van der Waals surface area contributed by atoms with Crippen LogP contribution < -0.4 is 21.5 Å². The number of carbonyl (C=O) groups is 4. The van der Waals surface area contributed by atoms with Crippen LogP contribution in [0.5, 0.6) is 0 Å². The first-order valence-electron chi connectivity index (χ1n) is 14.8. The standard InChI is InChI=1S/C35H30Cl4N6O4/c1-20(22-6-12-26(13-7-22)40-34(48)28-16-10-24(36)18-30(28)38)42-44-32(46)4-3-5-33(47)45-43-21(2)23-8-14-27(15-9-23)41-35(49)29-17-11-25(37)19-31(29)39/h6-19H,3-5H2,1-2H3,(H,40,48)(H,41,49)(H,44,46)(H,45,47)/b42-20+,43-21+. The summed E-state index contributed by atoms with van der Waals surface area (Å²) in [5.41, 5.74) is 9.25. The lowest BCUT2D eigenvalue weighted by molar-refractivity contribution is -0.122. The molecule has 4 aromatic rings. The van der Waals surface area contributed by atoms with Gasteiger partial charge in [-0.05, 0) is 92.1 Å². The van der Waals surface area contributed by atoms with Crippen molar-refractivity contribution in [3.8, 4) is 0 Å². The Morgan fingerprint density at radius 3 is 1.27 bits per heavy atom. The summed E-state index contributed by atoms with van der Waals surface area (Å²) in [5.74, 6) is -1.44. The van der Waals surface area contributed by atoms with Crippen LogP contribution in [0.3, 0.4) is 0 Å². The average Bonchev–Trinajstić information content (AvgIpc) is 3.06. The van der Waals surface area contributed by atoms with E-state index in [1.54, 1.807) is 86.6 Å². The normalized spacial score (nSPS) is 11.5. The summed E-state index contributed by atoms with van der Waals surface area (Å²) < 4.78 is 0. The number of benzene rings is 4. The van der Waals surface area contributed by atoms with Crippen LogP contribution in [0, 0.1) is 0 Å². The van der Waals surface area contributed by atoms with Crippen LogP contribution in [0.25, 0.3) is 0 Å². The molecule has 4 aromatic carbocycles. The maximum Gasteiger partial charge on any atom is 0.257 e. The Bertz CT molecular complexity index is 1790. The van der Waals surface area contributed by atoms with Gasteiger partial charge in [-0.15, -0.1) is 0 Å². The van der Waals surface area contributed by atoms with Gasteiger partial charge in [-0.3, -0.25) is 19.2 Å². The highest BCUT2D eigenvalue weighted by Crippen LogP contribution is 2.23. The maximum absolute atomic E-state index is 12.5. The van der Waals surface area contributed by atoms with Crippen molar-refractivity contribution in [1.82, 2.24) is 10.9 Å². The first-order valence-corrected chi connectivity index (χ1v) is 16.3. The van der Waals surface area contributed by atoms with Gasteiger partial charge in [0.1, 0.15) is 0 Å². The minimum Gasteiger partial charge on any atom is -0.322 e. The Balaban J connectivity index is 1.17. The molecule has 0 aliphatic carbocycles. The van der Waals surface area contributed by atoms with E-state index in [1.165, 1.54) is 12.1 Å². The first-order chi connectivity index (χ1) is 23.4. The van der Waals surface area contributed by atoms with Gasteiger partial charge < -0.3 is 10.6 Å². The molecule has 0 aromatic heterocycles. The quantitative estimate of drug-likeness (QED) is 0.0856. The summed E-state index contributed by atoms with van der Waals surface area (Å²) in [6.07, 6.45) is 0.456. The Labute approximate surface area is 302 Å². The summed E-state index contributed by atoms with van der Waals surface area (Å²) >= 11 is 24.0. The zero-order chi connectivity index (χ0) is 35.5. The Kier molecular flexibility index (Phi) is 13.3. The van der Waals surface area contributed by atoms with E-state index in [0.717, 1.165) is 11.1 Å². The van der Waals surface area contributed by atoms with Gasteiger partial charge in [-0.1, -0.05) is 70.7 Å². The van der Waals surface area contributed by atoms with Crippen LogP contribution in [0.15, 0.2) is 95.1 Å². The lowest BCUT2D eigenvalue weighted by Crippen LogP contribution is -2.22. The second-order valence-electron chi connectivity index (χ2n) is 10.6. The van der Waals surface area contributed by atoms with E-state index in [-0.39, 0.29) is 46.5 Å². The molecule has 0 fully saturated rings. The number of rotatable bonds is 12. The summed E-state index contributed by atoms with van der Waals surface area (Å²) in [4.78, 5) is 49.6. The van der Waals surface area contributed by atoms with Gasteiger partial charge in [0.15, 0.2) is 0 Å². The molecule has 252 valence electrons. The van der Waals surface area contributed by atoms with Crippen LogP contribution in [0.1, 0.15) is 65.0 Å². The topological polar surface area (TPSA) is 141 Å². The van der Waals surface area contributed by atoms with E-state index < -0.39 is 0 Å². The Hall–Kier alpha value is -4.74. The van der Waals surface area contributed by atoms with Gasteiger partial charge in [0, 0.05) is 34.3 Å². The fourth-order valence-electron chi connectivity index (χ4n) is 4.28. The smallest absolute Gasteiger partial charge is 0.257 e. The first kappa shape index (κ1) is 37.1. The van der Waals surface area contributed by atoms with Gasteiger partial charge in [0.05, 0.1) is 32.6 Å². The van der Waals surface area contributed by atoms with E-state index in [4.69, 9.17) is 46.4 Å².